The van der Waals surface area contributed by atoms with Gasteiger partial charge < -0.3 is 5.32 Å². The molecule has 0 fully saturated rings. The Morgan fingerprint density at radius 3 is 2.75 bits per heavy atom. The van der Waals surface area contributed by atoms with Gasteiger partial charge in [-0.05, 0) is 12.1 Å². The summed E-state index contributed by atoms with van der Waals surface area (Å²) in [5, 5.41) is 4.26. The molecule has 2 rings (SSSR count). The fraction of sp³-hybridized carbons (Fsp3) is 0.222. The number of benzene rings is 1. The molecule has 2 nitrogen and oxygen atoms in total. The molecule has 0 atom stereocenters. The van der Waals surface area contributed by atoms with Gasteiger partial charge in [-0.15, -0.1) is 0 Å². The normalized spacial score (nSPS) is 15.5. The Bertz CT molecular complexity index is 282. The van der Waals surface area contributed by atoms with E-state index in [1.54, 1.807) is 11.8 Å². The lowest BCUT2D eigenvalue weighted by molar-refractivity contribution is 0.963. The minimum Gasteiger partial charge on any atom is -0.363 e. The van der Waals surface area contributed by atoms with Crippen molar-refractivity contribution in [3.63, 3.8) is 0 Å². The SMILES string of the molecule is c1ccc(SC2=NCCN2)cc1. The van der Waals surface area contributed by atoms with Crippen LogP contribution in [-0.2, 0) is 0 Å². The van der Waals surface area contributed by atoms with Gasteiger partial charge in [0.2, 0.25) is 0 Å². The van der Waals surface area contributed by atoms with Crippen molar-refractivity contribution in [1.82, 2.24) is 5.32 Å². The Morgan fingerprint density at radius 1 is 1.25 bits per heavy atom. The Labute approximate surface area is 76.1 Å². The zero-order valence-corrected chi connectivity index (χ0v) is 7.47. The van der Waals surface area contributed by atoms with E-state index >= 15 is 0 Å². The molecule has 1 aromatic carbocycles. The lowest BCUT2D eigenvalue weighted by Crippen LogP contribution is -2.14. The van der Waals surface area contributed by atoms with Crippen LogP contribution in [0.4, 0.5) is 0 Å². The van der Waals surface area contributed by atoms with Crippen LogP contribution in [0.5, 0.6) is 0 Å². The van der Waals surface area contributed by atoms with Crippen LogP contribution in [0.2, 0.25) is 0 Å². The number of rotatable bonds is 1. The van der Waals surface area contributed by atoms with Crippen LogP contribution in [0.1, 0.15) is 0 Å². The topological polar surface area (TPSA) is 24.4 Å². The van der Waals surface area contributed by atoms with Crippen LogP contribution >= 0.6 is 11.8 Å². The molecule has 1 aliphatic heterocycles. The zero-order chi connectivity index (χ0) is 8.23. The average Bonchev–Trinajstić information content (AvgIpc) is 2.59. The van der Waals surface area contributed by atoms with Gasteiger partial charge in [-0.25, -0.2) is 0 Å². The van der Waals surface area contributed by atoms with Crippen molar-refractivity contribution >= 4 is 16.9 Å². The maximum atomic E-state index is 4.30. The van der Waals surface area contributed by atoms with Crippen LogP contribution in [-0.4, -0.2) is 18.3 Å². The highest BCUT2D eigenvalue weighted by Gasteiger charge is 2.05. The number of amidine groups is 1. The van der Waals surface area contributed by atoms with E-state index in [0.29, 0.717) is 0 Å². The summed E-state index contributed by atoms with van der Waals surface area (Å²) in [6, 6.07) is 10.3. The number of nitrogens with one attached hydrogen (secondary N) is 1. The highest BCUT2D eigenvalue weighted by Crippen LogP contribution is 2.18. The zero-order valence-electron chi connectivity index (χ0n) is 6.66. The summed E-state index contributed by atoms with van der Waals surface area (Å²) in [5.41, 5.74) is 0. The molecular weight excluding hydrogens is 168 g/mol. The highest BCUT2D eigenvalue weighted by molar-refractivity contribution is 8.13. The molecule has 0 unspecified atom stereocenters. The van der Waals surface area contributed by atoms with Gasteiger partial charge in [-0.3, -0.25) is 4.99 Å². The van der Waals surface area contributed by atoms with Gasteiger partial charge in [-0.1, -0.05) is 30.0 Å². The summed E-state index contributed by atoms with van der Waals surface area (Å²) in [6.07, 6.45) is 0. The van der Waals surface area contributed by atoms with Gasteiger partial charge >= 0.3 is 0 Å². The molecule has 1 heterocycles. The molecule has 12 heavy (non-hydrogen) atoms. The minimum atomic E-state index is 0.912. The smallest absolute Gasteiger partial charge is 0.161 e. The number of thioether (sulfide) groups is 1. The molecule has 0 spiro atoms. The van der Waals surface area contributed by atoms with E-state index in [2.05, 4.69) is 22.4 Å². The predicted molar refractivity (Wildman–Crippen MR) is 52.6 cm³/mol. The summed E-state index contributed by atoms with van der Waals surface area (Å²) >= 11 is 1.69. The van der Waals surface area contributed by atoms with E-state index in [9.17, 15) is 0 Å². The first-order valence-corrected chi connectivity index (χ1v) is 4.78. The van der Waals surface area contributed by atoms with E-state index in [1.165, 1.54) is 4.90 Å². The van der Waals surface area contributed by atoms with Gasteiger partial charge in [0, 0.05) is 11.4 Å². The molecule has 1 aliphatic rings. The molecule has 1 aromatic rings. The lowest BCUT2D eigenvalue weighted by atomic mass is 10.4. The van der Waals surface area contributed by atoms with Gasteiger partial charge in [0.15, 0.2) is 5.17 Å². The van der Waals surface area contributed by atoms with Crippen molar-refractivity contribution in [3.05, 3.63) is 30.3 Å². The fourth-order valence-corrected chi connectivity index (χ4v) is 1.89. The second-order valence-corrected chi connectivity index (χ2v) is 3.59. The van der Waals surface area contributed by atoms with Crippen molar-refractivity contribution in [2.75, 3.05) is 13.1 Å². The summed E-state index contributed by atoms with van der Waals surface area (Å²) in [6.45, 7) is 1.89. The standard InChI is InChI=1S/C9H10N2S/c1-2-4-8(5-3-1)12-9-10-6-7-11-9/h1-5H,6-7H2,(H,10,11). The van der Waals surface area contributed by atoms with Crippen LogP contribution < -0.4 is 5.32 Å². The quantitative estimate of drug-likeness (QED) is 0.708. The van der Waals surface area contributed by atoms with Crippen molar-refractivity contribution in [2.45, 2.75) is 4.90 Å². The maximum absolute atomic E-state index is 4.30. The molecule has 3 heteroatoms. The third-order valence-corrected chi connectivity index (χ3v) is 2.58. The van der Waals surface area contributed by atoms with E-state index in [4.69, 9.17) is 0 Å². The van der Waals surface area contributed by atoms with E-state index in [-0.39, 0.29) is 0 Å². The lowest BCUT2D eigenvalue weighted by Gasteiger charge is -2.00. The molecule has 0 radical (unpaired) electrons. The third kappa shape index (κ3) is 1.80. The largest absolute Gasteiger partial charge is 0.363 e. The van der Waals surface area contributed by atoms with Crippen LogP contribution in [0, 0.1) is 0 Å². The summed E-state index contributed by atoms with van der Waals surface area (Å²) in [4.78, 5) is 5.54. The van der Waals surface area contributed by atoms with Gasteiger partial charge in [-0.2, -0.15) is 0 Å². The first-order valence-electron chi connectivity index (χ1n) is 3.96. The van der Waals surface area contributed by atoms with Crippen molar-refractivity contribution in [1.29, 1.82) is 0 Å². The van der Waals surface area contributed by atoms with Gasteiger partial charge in [0.25, 0.3) is 0 Å². The number of aliphatic imine (C=N–C) groups is 1. The first kappa shape index (κ1) is 7.68. The van der Waals surface area contributed by atoms with E-state index in [0.717, 1.165) is 18.3 Å². The molecule has 62 valence electrons. The molecule has 0 aromatic heterocycles. The summed E-state index contributed by atoms with van der Waals surface area (Å²) in [7, 11) is 0. The van der Waals surface area contributed by atoms with Crippen LogP contribution in [0.15, 0.2) is 40.2 Å². The van der Waals surface area contributed by atoms with Gasteiger partial charge in [0.05, 0.1) is 6.54 Å². The molecule has 0 bridgehead atoms. The van der Waals surface area contributed by atoms with Crippen LogP contribution in [0.3, 0.4) is 0 Å². The average molecular weight is 178 g/mol. The number of hydrogen-bond acceptors (Lipinski definition) is 3. The molecular formula is C9H10N2S. The van der Waals surface area contributed by atoms with E-state index in [1.807, 2.05) is 18.2 Å². The minimum absolute atomic E-state index is 0.912. The number of nitrogens with zero attached hydrogens (tertiary/aromatic N) is 1. The Balaban J connectivity index is 2.04. The highest BCUT2D eigenvalue weighted by atomic mass is 32.2. The van der Waals surface area contributed by atoms with Crippen molar-refractivity contribution in [2.24, 2.45) is 4.99 Å². The van der Waals surface area contributed by atoms with E-state index < -0.39 is 0 Å². The summed E-state index contributed by atoms with van der Waals surface area (Å²) in [5.74, 6) is 0. The second-order valence-electron chi connectivity index (χ2n) is 2.53. The molecule has 1 N–H and O–H groups in total. The van der Waals surface area contributed by atoms with Crippen molar-refractivity contribution in [3.8, 4) is 0 Å². The Morgan fingerprint density at radius 2 is 2.08 bits per heavy atom. The molecule has 0 saturated heterocycles. The Hall–Kier alpha value is -0.960. The second kappa shape index (κ2) is 3.63. The monoisotopic (exact) mass is 178 g/mol. The Kier molecular flexibility index (Phi) is 2.32. The fourth-order valence-electron chi connectivity index (χ4n) is 1.04. The van der Waals surface area contributed by atoms with Crippen LogP contribution in [0.25, 0.3) is 0 Å². The summed E-state index contributed by atoms with van der Waals surface area (Å²) < 4.78 is 0. The predicted octanol–water partition coefficient (Wildman–Crippen LogP) is 1.74. The molecule has 0 aliphatic carbocycles. The van der Waals surface area contributed by atoms with Crippen molar-refractivity contribution < 1.29 is 0 Å². The molecule has 0 saturated carbocycles. The molecule has 0 amide bonds. The number of hydrogen-bond donors (Lipinski definition) is 1. The van der Waals surface area contributed by atoms with Gasteiger partial charge in [0.1, 0.15) is 0 Å². The first-order chi connectivity index (χ1) is 5.95. The third-order valence-electron chi connectivity index (χ3n) is 1.60. The maximum Gasteiger partial charge on any atom is 0.161 e.